The molecule has 0 bridgehead atoms. The smallest absolute Gasteiger partial charge is 0.330 e. The lowest BCUT2D eigenvalue weighted by Crippen LogP contribution is -2.17. The molecule has 1 aliphatic rings. The third kappa shape index (κ3) is 1.84. The molecule has 0 saturated heterocycles. The highest BCUT2D eigenvalue weighted by Crippen LogP contribution is 2.18. The van der Waals surface area contributed by atoms with Crippen molar-refractivity contribution in [2.24, 2.45) is 10.9 Å². The summed E-state index contributed by atoms with van der Waals surface area (Å²) in [4.78, 5) is 15.4. The Morgan fingerprint density at radius 2 is 2.33 bits per heavy atom. The Kier molecular flexibility index (Phi) is 2.84. The molecule has 3 nitrogen and oxygen atoms in total. The molecule has 0 aromatic heterocycles. The summed E-state index contributed by atoms with van der Waals surface area (Å²) in [6, 6.07) is -0.229. The first kappa shape index (κ1) is 9.23. The molecule has 1 heterocycles. The van der Waals surface area contributed by atoms with E-state index in [2.05, 4.69) is 23.6 Å². The van der Waals surface area contributed by atoms with Gasteiger partial charge in [0.05, 0.1) is 7.11 Å². The Bertz CT molecular complexity index is 209. The van der Waals surface area contributed by atoms with Crippen molar-refractivity contribution >= 4 is 11.7 Å². The standard InChI is InChI=1S/C9H15NO2/c1-6(2)7-4-5-8(10-7)9(11)12-3/h6,8H,4-5H2,1-3H3. The van der Waals surface area contributed by atoms with Crippen LogP contribution in [0.4, 0.5) is 0 Å². The van der Waals surface area contributed by atoms with Crippen molar-refractivity contribution in [1.29, 1.82) is 0 Å². The fourth-order valence-electron chi connectivity index (χ4n) is 1.36. The average Bonchev–Trinajstić information content (AvgIpc) is 2.51. The number of methoxy groups -OCH3 is 1. The maximum Gasteiger partial charge on any atom is 0.330 e. The van der Waals surface area contributed by atoms with E-state index in [1.165, 1.54) is 7.11 Å². The molecule has 12 heavy (non-hydrogen) atoms. The van der Waals surface area contributed by atoms with E-state index >= 15 is 0 Å². The zero-order valence-corrected chi connectivity index (χ0v) is 7.83. The van der Waals surface area contributed by atoms with E-state index in [1.807, 2.05) is 0 Å². The van der Waals surface area contributed by atoms with Crippen molar-refractivity contribution in [2.75, 3.05) is 7.11 Å². The van der Waals surface area contributed by atoms with Gasteiger partial charge in [0.25, 0.3) is 0 Å². The fourth-order valence-corrected chi connectivity index (χ4v) is 1.36. The summed E-state index contributed by atoms with van der Waals surface area (Å²) in [5, 5.41) is 0. The van der Waals surface area contributed by atoms with Gasteiger partial charge in [0.2, 0.25) is 0 Å². The van der Waals surface area contributed by atoms with Crippen LogP contribution in [0.15, 0.2) is 4.99 Å². The zero-order chi connectivity index (χ0) is 9.14. The van der Waals surface area contributed by atoms with Gasteiger partial charge in [-0.25, -0.2) is 4.79 Å². The third-order valence-electron chi connectivity index (χ3n) is 2.14. The van der Waals surface area contributed by atoms with Crippen LogP contribution in [0.5, 0.6) is 0 Å². The first-order valence-electron chi connectivity index (χ1n) is 4.29. The topological polar surface area (TPSA) is 38.7 Å². The van der Waals surface area contributed by atoms with Crippen molar-refractivity contribution in [3.05, 3.63) is 0 Å². The lowest BCUT2D eigenvalue weighted by Gasteiger charge is -2.02. The molecule has 3 heteroatoms. The highest BCUT2D eigenvalue weighted by molar-refractivity contribution is 5.92. The largest absolute Gasteiger partial charge is 0.467 e. The number of hydrogen-bond donors (Lipinski definition) is 0. The first-order chi connectivity index (χ1) is 5.65. The summed E-state index contributed by atoms with van der Waals surface area (Å²) >= 11 is 0. The highest BCUT2D eigenvalue weighted by Gasteiger charge is 2.25. The molecule has 0 N–H and O–H groups in total. The number of hydrogen-bond acceptors (Lipinski definition) is 3. The van der Waals surface area contributed by atoms with E-state index in [-0.39, 0.29) is 12.0 Å². The second-order valence-corrected chi connectivity index (χ2v) is 3.35. The molecule has 0 radical (unpaired) electrons. The van der Waals surface area contributed by atoms with Gasteiger partial charge in [0.15, 0.2) is 0 Å². The maximum atomic E-state index is 11.1. The maximum absolute atomic E-state index is 11.1. The quantitative estimate of drug-likeness (QED) is 0.586. The van der Waals surface area contributed by atoms with Crippen molar-refractivity contribution in [3.8, 4) is 0 Å². The Hall–Kier alpha value is -0.860. The summed E-state index contributed by atoms with van der Waals surface area (Å²) in [6.07, 6.45) is 1.76. The molecule has 1 unspecified atom stereocenters. The van der Waals surface area contributed by atoms with E-state index in [0.717, 1.165) is 18.6 Å². The van der Waals surface area contributed by atoms with Crippen LogP contribution in [0.3, 0.4) is 0 Å². The van der Waals surface area contributed by atoms with Crippen molar-refractivity contribution in [3.63, 3.8) is 0 Å². The van der Waals surface area contributed by atoms with Crippen LogP contribution in [-0.2, 0) is 9.53 Å². The Balaban J connectivity index is 2.58. The van der Waals surface area contributed by atoms with Gasteiger partial charge in [0.1, 0.15) is 6.04 Å². The molecule has 0 aromatic carbocycles. The van der Waals surface area contributed by atoms with Crippen LogP contribution in [0.1, 0.15) is 26.7 Å². The normalized spacial score (nSPS) is 22.7. The molecule has 1 aliphatic heterocycles. The second kappa shape index (κ2) is 3.70. The number of aliphatic imine (C=N–C) groups is 1. The van der Waals surface area contributed by atoms with Crippen LogP contribution in [-0.4, -0.2) is 24.8 Å². The number of carbonyl (C=O) groups excluding carboxylic acids is 1. The predicted molar refractivity (Wildman–Crippen MR) is 47.3 cm³/mol. The van der Waals surface area contributed by atoms with Gasteiger partial charge in [-0.2, -0.15) is 0 Å². The minimum absolute atomic E-state index is 0.203. The van der Waals surface area contributed by atoms with E-state index in [1.54, 1.807) is 0 Å². The van der Waals surface area contributed by atoms with E-state index in [9.17, 15) is 4.79 Å². The van der Waals surface area contributed by atoms with Crippen molar-refractivity contribution in [1.82, 2.24) is 0 Å². The minimum Gasteiger partial charge on any atom is -0.467 e. The van der Waals surface area contributed by atoms with Crippen LogP contribution in [0.25, 0.3) is 0 Å². The highest BCUT2D eigenvalue weighted by atomic mass is 16.5. The molecule has 0 saturated carbocycles. The molecule has 1 atom stereocenters. The van der Waals surface area contributed by atoms with E-state index < -0.39 is 0 Å². The minimum atomic E-state index is -0.229. The number of rotatable bonds is 2. The van der Waals surface area contributed by atoms with Gasteiger partial charge in [-0.1, -0.05) is 13.8 Å². The monoisotopic (exact) mass is 169 g/mol. The first-order valence-corrected chi connectivity index (χ1v) is 4.29. The third-order valence-corrected chi connectivity index (χ3v) is 2.14. The molecule has 0 amide bonds. The lowest BCUT2D eigenvalue weighted by atomic mass is 10.1. The Morgan fingerprint density at radius 3 is 2.75 bits per heavy atom. The summed E-state index contributed by atoms with van der Waals surface area (Å²) in [6.45, 7) is 4.19. The van der Waals surface area contributed by atoms with E-state index in [0.29, 0.717) is 5.92 Å². The van der Waals surface area contributed by atoms with Crippen LogP contribution in [0.2, 0.25) is 0 Å². The van der Waals surface area contributed by atoms with Gasteiger partial charge in [-0.3, -0.25) is 4.99 Å². The van der Waals surface area contributed by atoms with E-state index in [4.69, 9.17) is 0 Å². The molecular formula is C9H15NO2. The summed E-state index contributed by atoms with van der Waals surface area (Å²) in [7, 11) is 1.41. The zero-order valence-electron chi connectivity index (χ0n) is 7.83. The molecule has 68 valence electrons. The molecule has 1 rings (SSSR count). The van der Waals surface area contributed by atoms with Gasteiger partial charge in [-0.15, -0.1) is 0 Å². The lowest BCUT2D eigenvalue weighted by molar-refractivity contribution is -0.141. The fraction of sp³-hybridized carbons (Fsp3) is 0.778. The number of esters is 1. The Labute approximate surface area is 72.8 Å². The molecule has 0 aromatic rings. The molecule has 0 spiro atoms. The van der Waals surface area contributed by atoms with Gasteiger partial charge >= 0.3 is 5.97 Å². The number of ether oxygens (including phenoxy) is 1. The van der Waals surface area contributed by atoms with Gasteiger partial charge in [-0.05, 0) is 18.8 Å². The predicted octanol–water partition coefficient (Wildman–Crippen LogP) is 1.42. The summed E-state index contributed by atoms with van der Waals surface area (Å²) in [5.41, 5.74) is 1.14. The van der Waals surface area contributed by atoms with Gasteiger partial charge in [0, 0.05) is 5.71 Å². The number of nitrogens with zero attached hydrogens (tertiary/aromatic N) is 1. The van der Waals surface area contributed by atoms with Crippen LogP contribution >= 0.6 is 0 Å². The molecular weight excluding hydrogens is 154 g/mol. The van der Waals surface area contributed by atoms with Crippen molar-refractivity contribution < 1.29 is 9.53 Å². The van der Waals surface area contributed by atoms with Crippen LogP contribution < -0.4 is 0 Å². The van der Waals surface area contributed by atoms with Gasteiger partial charge < -0.3 is 4.74 Å². The SMILES string of the molecule is COC(=O)C1CCC(C(C)C)=N1. The Morgan fingerprint density at radius 1 is 1.67 bits per heavy atom. The molecule has 0 aliphatic carbocycles. The van der Waals surface area contributed by atoms with Crippen LogP contribution in [0, 0.1) is 5.92 Å². The average molecular weight is 169 g/mol. The number of carbonyl (C=O) groups is 1. The summed E-state index contributed by atoms with van der Waals surface area (Å²) in [5.74, 6) is 0.255. The summed E-state index contributed by atoms with van der Waals surface area (Å²) < 4.78 is 4.62. The van der Waals surface area contributed by atoms with Crippen molar-refractivity contribution in [2.45, 2.75) is 32.7 Å². The second-order valence-electron chi connectivity index (χ2n) is 3.35. The molecule has 0 fully saturated rings.